The summed E-state index contributed by atoms with van der Waals surface area (Å²) in [5.74, 6) is 0.969. The highest BCUT2D eigenvalue weighted by molar-refractivity contribution is 5.79. The number of carbonyl (C=O) groups is 1. The lowest BCUT2D eigenvalue weighted by molar-refractivity contribution is -0.160. The fraction of sp³-hybridized carbons (Fsp3) is 0.706. The molecule has 25 heavy (non-hydrogen) atoms. The number of anilines is 1. The zero-order chi connectivity index (χ0) is 17.1. The predicted octanol–water partition coefficient (Wildman–Crippen LogP) is -0.0527. The molecule has 2 unspecified atom stereocenters. The number of carbonyl (C=O) groups excluding carboxylic acids is 1. The second-order valence-corrected chi connectivity index (χ2v) is 6.89. The minimum Gasteiger partial charge on any atom is -0.381 e. The number of morpholine rings is 1. The van der Waals surface area contributed by atoms with E-state index in [1.807, 2.05) is 4.90 Å². The van der Waals surface area contributed by atoms with Gasteiger partial charge >= 0.3 is 0 Å². The maximum absolute atomic E-state index is 12.8. The lowest BCUT2D eigenvalue weighted by Gasteiger charge is -2.44. The van der Waals surface area contributed by atoms with Crippen LogP contribution in [0.15, 0.2) is 18.6 Å². The monoisotopic (exact) mass is 348 g/mol. The van der Waals surface area contributed by atoms with E-state index in [1.54, 1.807) is 18.6 Å². The summed E-state index contributed by atoms with van der Waals surface area (Å²) in [6.45, 7) is 5.35. The number of rotatable bonds is 2. The number of nitrogens with zero attached hydrogens (tertiary/aromatic N) is 4. The quantitative estimate of drug-likeness (QED) is 0.741. The summed E-state index contributed by atoms with van der Waals surface area (Å²) >= 11 is 0. The second-order valence-electron chi connectivity index (χ2n) is 6.89. The molecule has 1 aromatic heterocycles. The molecule has 1 aromatic rings. The molecule has 1 amide bonds. The highest BCUT2D eigenvalue weighted by Crippen LogP contribution is 2.26. The number of aromatic nitrogens is 2. The highest BCUT2D eigenvalue weighted by Gasteiger charge is 2.43. The van der Waals surface area contributed by atoms with Gasteiger partial charge in [0.2, 0.25) is 5.91 Å². The van der Waals surface area contributed by atoms with Crippen molar-refractivity contribution in [2.75, 3.05) is 64.1 Å². The summed E-state index contributed by atoms with van der Waals surface area (Å²) in [5, 5.41) is 0. The Labute approximate surface area is 147 Å². The fourth-order valence-electron chi connectivity index (χ4n) is 3.76. The van der Waals surface area contributed by atoms with Crippen molar-refractivity contribution in [3.8, 4) is 0 Å². The molecule has 4 rings (SSSR count). The van der Waals surface area contributed by atoms with Crippen LogP contribution in [0.1, 0.15) is 6.42 Å². The summed E-state index contributed by atoms with van der Waals surface area (Å²) in [5.41, 5.74) is -0.526. The number of ether oxygens (including phenoxy) is 3. The fourth-order valence-corrected chi connectivity index (χ4v) is 3.76. The number of amides is 1. The normalized spacial score (nSPS) is 30.5. The van der Waals surface area contributed by atoms with Crippen molar-refractivity contribution in [3.63, 3.8) is 0 Å². The molecule has 3 aliphatic heterocycles. The van der Waals surface area contributed by atoms with Crippen molar-refractivity contribution in [1.29, 1.82) is 0 Å². The summed E-state index contributed by atoms with van der Waals surface area (Å²) in [6.07, 6.45) is 5.91. The van der Waals surface area contributed by atoms with E-state index < -0.39 is 5.60 Å². The Kier molecular flexibility index (Phi) is 4.82. The lowest BCUT2D eigenvalue weighted by Crippen LogP contribution is -2.60. The second kappa shape index (κ2) is 7.23. The molecular formula is C17H24N4O4. The van der Waals surface area contributed by atoms with Gasteiger partial charge in [0.05, 0.1) is 51.6 Å². The molecule has 4 heterocycles. The number of hydrogen-bond acceptors (Lipinski definition) is 7. The molecule has 8 nitrogen and oxygen atoms in total. The first-order valence-electron chi connectivity index (χ1n) is 8.85. The largest absolute Gasteiger partial charge is 0.381 e. The first-order chi connectivity index (χ1) is 12.3. The molecule has 3 fully saturated rings. The minimum atomic E-state index is -0.526. The minimum absolute atomic E-state index is 0.0158. The van der Waals surface area contributed by atoms with Gasteiger partial charge in [-0.05, 0) is 6.42 Å². The van der Waals surface area contributed by atoms with Crippen LogP contribution in [0, 0.1) is 5.92 Å². The standard InChI is InChI=1S/C17H24N4O4/c22-16(14-1-6-23-10-14)21-5-8-25-17(12-21)11-20(4-7-24-13-17)15-9-18-2-3-19-15/h2-3,9,14H,1,4-8,10-13H2. The van der Waals surface area contributed by atoms with Crippen molar-refractivity contribution in [2.45, 2.75) is 12.0 Å². The number of hydrogen-bond donors (Lipinski definition) is 0. The molecule has 136 valence electrons. The summed E-state index contributed by atoms with van der Waals surface area (Å²) < 4.78 is 17.3. The Morgan fingerprint density at radius 3 is 2.92 bits per heavy atom. The van der Waals surface area contributed by atoms with Crippen molar-refractivity contribution >= 4 is 11.7 Å². The van der Waals surface area contributed by atoms with Crippen molar-refractivity contribution in [2.24, 2.45) is 5.92 Å². The molecule has 0 saturated carbocycles. The van der Waals surface area contributed by atoms with Gasteiger partial charge in [-0.3, -0.25) is 9.78 Å². The van der Waals surface area contributed by atoms with Gasteiger partial charge in [0.15, 0.2) is 0 Å². The van der Waals surface area contributed by atoms with Crippen LogP contribution in [-0.2, 0) is 19.0 Å². The molecule has 3 aliphatic rings. The van der Waals surface area contributed by atoms with Gasteiger partial charge in [0, 0.05) is 32.1 Å². The molecule has 0 aliphatic carbocycles. The van der Waals surface area contributed by atoms with Gasteiger partial charge in [-0.25, -0.2) is 4.98 Å². The summed E-state index contributed by atoms with van der Waals surface area (Å²) in [4.78, 5) is 25.4. The average Bonchev–Trinajstić information content (AvgIpc) is 3.12. The van der Waals surface area contributed by atoms with E-state index in [-0.39, 0.29) is 11.8 Å². The Morgan fingerprint density at radius 2 is 2.12 bits per heavy atom. The lowest BCUT2D eigenvalue weighted by atomic mass is 9.99. The van der Waals surface area contributed by atoms with Gasteiger partial charge in [-0.2, -0.15) is 0 Å². The smallest absolute Gasteiger partial charge is 0.228 e. The van der Waals surface area contributed by atoms with Crippen LogP contribution in [0.5, 0.6) is 0 Å². The van der Waals surface area contributed by atoms with Gasteiger partial charge in [0.25, 0.3) is 0 Å². The Hall–Kier alpha value is -1.77. The van der Waals surface area contributed by atoms with Crippen LogP contribution < -0.4 is 4.90 Å². The third kappa shape index (κ3) is 3.61. The molecule has 8 heteroatoms. The van der Waals surface area contributed by atoms with E-state index in [0.29, 0.717) is 52.7 Å². The Balaban J connectivity index is 1.49. The first-order valence-corrected chi connectivity index (χ1v) is 8.85. The van der Waals surface area contributed by atoms with E-state index in [9.17, 15) is 4.79 Å². The van der Waals surface area contributed by atoms with Crippen LogP contribution in [0.2, 0.25) is 0 Å². The van der Waals surface area contributed by atoms with Crippen LogP contribution in [0.4, 0.5) is 5.82 Å². The highest BCUT2D eigenvalue weighted by atomic mass is 16.5. The molecule has 0 aromatic carbocycles. The van der Waals surface area contributed by atoms with Gasteiger partial charge in [-0.15, -0.1) is 0 Å². The maximum atomic E-state index is 12.8. The third-order valence-electron chi connectivity index (χ3n) is 5.06. The molecule has 0 bridgehead atoms. The Bertz CT molecular complexity index is 596. The van der Waals surface area contributed by atoms with E-state index in [2.05, 4.69) is 14.9 Å². The predicted molar refractivity (Wildman–Crippen MR) is 89.3 cm³/mol. The topological polar surface area (TPSA) is 77.0 Å². The summed E-state index contributed by atoms with van der Waals surface area (Å²) in [7, 11) is 0. The van der Waals surface area contributed by atoms with Gasteiger partial charge in [-0.1, -0.05) is 0 Å². The van der Waals surface area contributed by atoms with Gasteiger partial charge < -0.3 is 24.0 Å². The summed E-state index contributed by atoms with van der Waals surface area (Å²) in [6, 6.07) is 0. The van der Waals surface area contributed by atoms with Crippen molar-refractivity contribution in [3.05, 3.63) is 18.6 Å². The van der Waals surface area contributed by atoms with E-state index in [0.717, 1.165) is 18.8 Å². The van der Waals surface area contributed by atoms with Crippen LogP contribution in [-0.4, -0.2) is 85.6 Å². The van der Waals surface area contributed by atoms with Crippen molar-refractivity contribution < 1.29 is 19.0 Å². The van der Waals surface area contributed by atoms with E-state index >= 15 is 0 Å². The molecule has 2 atom stereocenters. The van der Waals surface area contributed by atoms with Crippen LogP contribution in [0.3, 0.4) is 0 Å². The third-order valence-corrected chi connectivity index (χ3v) is 5.06. The SMILES string of the molecule is O=C(C1CCOC1)N1CCOC2(COCCN(c3cnccn3)C2)C1. The molecule has 0 radical (unpaired) electrons. The Morgan fingerprint density at radius 1 is 1.16 bits per heavy atom. The van der Waals surface area contributed by atoms with Crippen LogP contribution >= 0.6 is 0 Å². The molecule has 0 N–H and O–H groups in total. The maximum Gasteiger partial charge on any atom is 0.228 e. The van der Waals surface area contributed by atoms with E-state index in [1.165, 1.54) is 0 Å². The molecular weight excluding hydrogens is 324 g/mol. The molecule has 3 saturated heterocycles. The first kappa shape index (κ1) is 16.7. The van der Waals surface area contributed by atoms with E-state index in [4.69, 9.17) is 14.2 Å². The van der Waals surface area contributed by atoms with Crippen molar-refractivity contribution in [1.82, 2.24) is 14.9 Å². The van der Waals surface area contributed by atoms with Gasteiger partial charge in [0.1, 0.15) is 11.4 Å². The zero-order valence-corrected chi connectivity index (χ0v) is 14.3. The zero-order valence-electron chi connectivity index (χ0n) is 14.3. The molecule has 1 spiro atoms. The average molecular weight is 348 g/mol. The van der Waals surface area contributed by atoms with Crippen LogP contribution in [0.25, 0.3) is 0 Å².